The highest BCUT2D eigenvalue weighted by molar-refractivity contribution is 6.98. The van der Waals surface area contributed by atoms with Crippen LogP contribution in [-0.2, 0) is 0 Å². The quantitative estimate of drug-likeness (QED) is 0.162. The predicted octanol–water partition coefficient (Wildman–Crippen LogP) is 11.8. The minimum Gasteiger partial charge on any atom is -0.458 e. The average molecular weight is 832 g/mol. The van der Waals surface area contributed by atoms with Crippen molar-refractivity contribution in [1.29, 1.82) is 0 Å². The molecule has 14 rings (SSSR count). The molecule has 5 heterocycles. The molecule has 0 amide bonds. The Morgan fingerprint density at radius 2 is 0.862 bits per heavy atom. The molecule has 3 aromatic heterocycles. The van der Waals surface area contributed by atoms with Crippen molar-refractivity contribution in [2.24, 2.45) is 0 Å². The maximum atomic E-state index is 6.77. The van der Waals surface area contributed by atoms with E-state index in [0.29, 0.717) is 17.5 Å². The molecule has 302 valence electrons. The Morgan fingerprint density at radius 1 is 0.369 bits per heavy atom. The third-order valence-corrected chi connectivity index (χ3v) is 13.1. The number of ether oxygens (including phenoxy) is 2. The summed E-state index contributed by atoms with van der Waals surface area (Å²) >= 11 is 0. The standard InChI is InChI=1S/C57H34BN5O2/c1-2-17-35(18-3-1)55-59-56(40-22-7-13-29-47(40)63-44-26-10-4-19-37(44)38-20-5-11-27-45(38)63)61-57(60-55)41-23-16-30-48-53(41)39-21-6-12-28-46(39)62(48)36-33-51-54-52(34-36)65-50-32-15-9-25-43(50)58(54)42-24-8-14-31-49(42)64-51/h1-34H. The summed E-state index contributed by atoms with van der Waals surface area (Å²) in [5.41, 5.74) is 12.2. The van der Waals surface area contributed by atoms with E-state index in [9.17, 15) is 0 Å². The van der Waals surface area contributed by atoms with Crippen LogP contribution in [0.1, 0.15) is 0 Å². The van der Waals surface area contributed by atoms with E-state index in [-0.39, 0.29) is 6.71 Å². The van der Waals surface area contributed by atoms with Crippen LogP contribution >= 0.6 is 0 Å². The Balaban J connectivity index is 0.996. The molecule has 0 N–H and O–H groups in total. The molecule has 0 bridgehead atoms. The Kier molecular flexibility index (Phi) is 7.65. The van der Waals surface area contributed by atoms with Crippen LogP contribution in [0.4, 0.5) is 0 Å². The second kappa shape index (κ2) is 13.9. The molecule has 0 fully saturated rings. The van der Waals surface area contributed by atoms with E-state index >= 15 is 0 Å². The number of benzene rings is 9. The number of rotatable bonds is 5. The molecule has 2 aliphatic rings. The summed E-state index contributed by atoms with van der Waals surface area (Å²) in [5, 5.41) is 4.50. The molecule has 0 radical (unpaired) electrons. The summed E-state index contributed by atoms with van der Waals surface area (Å²) in [6.45, 7) is -0.00867. The van der Waals surface area contributed by atoms with Crippen molar-refractivity contribution in [3.63, 3.8) is 0 Å². The lowest BCUT2D eigenvalue weighted by molar-refractivity contribution is 0.464. The Hall–Kier alpha value is -8.75. The summed E-state index contributed by atoms with van der Waals surface area (Å²) < 4.78 is 18.2. The van der Waals surface area contributed by atoms with Gasteiger partial charge in [-0.25, -0.2) is 15.0 Å². The monoisotopic (exact) mass is 831 g/mol. The molecule has 0 saturated heterocycles. The van der Waals surface area contributed by atoms with Gasteiger partial charge in [0, 0.05) is 55.8 Å². The SMILES string of the molecule is c1ccc(-c2nc(-c3ccccc3-n3c4ccccc4c4ccccc43)nc(-c3cccc4c3c3ccccc3n4-c3cc4c5c(c3)Oc3ccccc3B5c3ccccc3O4)n2)cc1. The van der Waals surface area contributed by atoms with Crippen LogP contribution in [0.15, 0.2) is 206 Å². The molecule has 9 aromatic carbocycles. The van der Waals surface area contributed by atoms with Gasteiger partial charge in [-0.2, -0.15) is 0 Å². The van der Waals surface area contributed by atoms with Crippen molar-refractivity contribution in [3.05, 3.63) is 206 Å². The maximum Gasteiger partial charge on any atom is 0.260 e. The maximum absolute atomic E-state index is 6.77. The van der Waals surface area contributed by atoms with Gasteiger partial charge in [0.05, 0.1) is 33.4 Å². The first-order valence-electron chi connectivity index (χ1n) is 21.9. The van der Waals surface area contributed by atoms with Crippen LogP contribution in [0.5, 0.6) is 23.0 Å². The molecule has 65 heavy (non-hydrogen) atoms. The molecular formula is C57H34BN5O2. The lowest BCUT2D eigenvalue weighted by atomic mass is 9.35. The van der Waals surface area contributed by atoms with Gasteiger partial charge in [-0.1, -0.05) is 146 Å². The summed E-state index contributed by atoms with van der Waals surface area (Å²) in [7, 11) is 0. The highest BCUT2D eigenvalue weighted by Crippen LogP contribution is 2.43. The topological polar surface area (TPSA) is 67.0 Å². The van der Waals surface area contributed by atoms with Gasteiger partial charge in [-0.05, 0) is 59.5 Å². The molecule has 0 aliphatic carbocycles. The zero-order valence-electron chi connectivity index (χ0n) is 34.8. The molecule has 0 spiro atoms. The largest absolute Gasteiger partial charge is 0.458 e. The van der Waals surface area contributed by atoms with Crippen molar-refractivity contribution in [2.45, 2.75) is 0 Å². The molecule has 2 aliphatic heterocycles. The first-order chi connectivity index (χ1) is 32.2. The van der Waals surface area contributed by atoms with Crippen LogP contribution in [0.2, 0.25) is 0 Å². The Morgan fingerprint density at radius 3 is 1.54 bits per heavy atom. The van der Waals surface area contributed by atoms with Crippen LogP contribution < -0.4 is 25.9 Å². The fraction of sp³-hybridized carbons (Fsp3) is 0. The molecule has 0 atom stereocenters. The van der Waals surface area contributed by atoms with Gasteiger partial charge in [-0.15, -0.1) is 0 Å². The van der Waals surface area contributed by atoms with Gasteiger partial charge >= 0.3 is 0 Å². The number of hydrogen-bond donors (Lipinski definition) is 0. The van der Waals surface area contributed by atoms with Crippen molar-refractivity contribution in [1.82, 2.24) is 24.1 Å². The second-order valence-electron chi connectivity index (χ2n) is 16.7. The Bertz CT molecular complexity index is 3810. The number of para-hydroxylation sites is 6. The number of aromatic nitrogens is 5. The molecule has 0 saturated carbocycles. The zero-order valence-corrected chi connectivity index (χ0v) is 34.8. The summed E-state index contributed by atoms with van der Waals surface area (Å²) in [5.74, 6) is 5.06. The molecule has 0 unspecified atom stereocenters. The fourth-order valence-electron chi connectivity index (χ4n) is 10.4. The van der Waals surface area contributed by atoms with Gasteiger partial charge in [0.15, 0.2) is 17.5 Å². The smallest absolute Gasteiger partial charge is 0.260 e. The summed E-state index contributed by atoms with van der Waals surface area (Å²) in [4.78, 5) is 16.0. The van der Waals surface area contributed by atoms with Gasteiger partial charge in [0.1, 0.15) is 23.0 Å². The minimum atomic E-state index is -0.00867. The first-order valence-corrected chi connectivity index (χ1v) is 21.9. The van der Waals surface area contributed by atoms with Crippen molar-refractivity contribution < 1.29 is 9.47 Å². The third kappa shape index (κ3) is 5.34. The molecule has 12 aromatic rings. The van der Waals surface area contributed by atoms with Gasteiger partial charge < -0.3 is 18.6 Å². The van der Waals surface area contributed by atoms with Gasteiger partial charge in [0.25, 0.3) is 6.71 Å². The average Bonchev–Trinajstić information content (AvgIpc) is 3.89. The summed E-state index contributed by atoms with van der Waals surface area (Å²) in [6.07, 6.45) is 0. The van der Waals surface area contributed by atoms with Gasteiger partial charge in [0.2, 0.25) is 0 Å². The number of fused-ring (bicyclic) bond motifs is 10. The van der Waals surface area contributed by atoms with Gasteiger partial charge in [-0.3, -0.25) is 0 Å². The van der Waals surface area contributed by atoms with Crippen molar-refractivity contribution in [3.8, 4) is 68.5 Å². The summed E-state index contributed by atoms with van der Waals surface area (Å²) in [6, 6.07) is 71.7. The predicted molar refractivity (Wildman–Crippen MR) is 263 cm³/mol. The molecule has 7 nitrogen and oxygen atoms in total. The van der Waals surface area contributed by atoms with Crippen LogP contribution in [0.25, 0.3) is 89.2 Å². The second-order valence-corrected chi connectivity index (χ2v) is 16.7. The number of nitrogens with zero attached hydrogens (tertiary/aromatic N) is 5. The normalized spacial score (nSPS) is 12.5. The van der Waals surface area contributed by atoms with Crippen molar-refractivity contribution >= 4 is 66.7 Å². The fourth-order valence-corrected chi connectivity index (χ4v) is 10.4. The lowest BCUT2D eigenvalue weighted by Gasteiger charge is -2.33. The van der Waals surface area contributed by atoms with E-state index in [2.05, 4.69) is 185 Å². The van der Waals surface area contributed by atoms with E-state index < -0.39 is 0 Å². The van der Waals surface area contributed by atoms with Crippen LogP contribution in [-0.4, -0.2) is 30.8 Å². The lowest BCUT2D eigenvalue weighted by Crippen LogP contribution is -2.57. The van der Waals surface area contributed by atoms with Crippen LogP contribution in [0, 0.1) is 0 Å². The van der Waals surface area contributed by atoms with Crippen molar-refractivity contribution in [2.75, 3.05) is 0 Å². The number of hydrogen-bond acceptors (Lipinski definition) is 5. The highest BCUT2D eigenvalue weighted by atomic mass is 16.5. The van der Waals surface area contributed by atoms with E-state index in [4.69, 9.17) is 24.4 Å². The van der Waals surface area contributed by atoms with E-state index in [1.165, 1.54) is 10.8 Å². The Labute approximate surface area is 373 Å². The highest BCUT2D eigenvalue weighted by Gasteiger charge is 2.40. The van der Waals surface area contributed by atoms with E-state index in [1.54, 1.807) is 0 Å². The zero-order chi connectivity index (χ0) is 42.6. The first kappa shape index (κ1) is 35.8. The minimum absolute atomic E-state index is 0.00867. The van der Waals surface area contributed by atoms with E-state index in [1.807, 2.05) is 30.3 Å². The molecular weight excluding hydrogens is 797 g/mol. The molecule has 8 heteroatoms. The van der Waals surface area contributed by atoms with E-state index in [0.717, 1.165) is 100 Å². The third-order valence-electron chi connectivity index (χ3n) is 13.1. The van der Waals surface area contributed by atoms with Crippen LogP contribution in [0.3, 0.4) is 0 Å².